The second-order valence-corrected chi connectivity index (χ2v) is 12.7. The molecule has 7 heteroatoms. The molecule has 3 aromatic rings. The first-order valence-electron chi connectivity index (χ1n) is 15.0. The summed E-state index contributed by atoms with van der Waals surface area (Å²) in [7, 11) is 1.71. The summed E-state index contributed by atoms with van der Waals surface area (Å²) >= 11 is 7.10. The molecule has 0 bridgehead atoms. The molecular weight excluding hydrogens is 656 g/mol. The molecule has 228 valence electrons. The van der Waals surface area contributed by atoms with Gasteiger partial charge in [-0.1, -0.05) is 103 Å². The molecule has 0 saturated carbocycles. The summed E-state index contributed by atoms with van der Waals surface area (Å²) in [6, 6.07) is 20.3. The van der Waals surface area contributed by atoms with Crippen LogP contribution in [0.3, 0.4) is 0 Å². The third-order valence-corrected chi connectivity index (χ3v) is 8.38. The number of nitrogens with zero attached hydrogens (tertiary/aromatic N) is 2. The average molecular weight is 703 g/mol. The minimum Gasteiger partial charge on any atom is -0.496 e. The van der Waals surface area contributed by atoms with Crippen LogP contribution < -0.4 is 14.2 Å². The van der Waals surface area contributed by atoms with E-state index in [9.17, 15) is 0 Å². The lowest BCUT2D eigenvalue weighted by atomic mass is 9.87. The molecule has 5 nitrogen and oxygen atoms in total. The molecule has 3 aromatic carbocycles. The zero-order valence-corrected chi connectivity index (χ0v) is 28.8. The van der Waals surface area contributed by atoms with Gasteiger partial charge in [-0.25, -0.2) is 0 Å². The van der Waals surface area contributed by atoms with Crippen LogP contribution in [-0.4, -0.2) is 20.3 Å². The number of hydrogen-bond acceptors (Lipinski definition) is 5. The molecule has 0 saturated heterocycles. The minimum atomic E-state index is 0.136. The van der Waals surface area contributed by atoms with Crippen LogP contribution in [0.25, 0.3) is 0 Å². The van der Waals surface area contributed by atoms with E-state index in [4.69, 9.17) is 14.2 Å². The van der Waals surface area contributed by atoms with Gasteiger partial charge in [-0.2, -0.15) is 10.2 Å². The molecular formula is C35H46Br2N2O3. The molecule has 0 aliphatic rings. The predicted octanol–water partition coefficient (Wildman–Crippen LogP) is 11.8. The molecule has 0 fully saturated rings. The zero-order chi connectivity index (χ0) is 30.2. The van der Waals surface area contributed by atoms with Crippen molar-refractivity contribution in [3.05, 3.63) is 77.4 Å². The van der Waals surface area contributed by atoms with Crippen molar-refractivity contribution in [1.29, 1.82) is 0 Å². The van der Waals surface area contributed by atoms with Gasteiger partial charge >= 0.3 is 0 Å². The molecule has 0 N–H and O–H groups in total. The largest absolute Gasteiger partial charge is 0.496 e. The van der Waals surface area contributed by atoms with Gasteiger partial charge in [-0.15, -0.1) is 0 Å². The van der Waals surface area contributed by atoms with E-state index >= 15 is 0 Å². The van der Waals surface area contributed by atoms with E-state index < -0.39 is 0 Å². The molecule has 0 unspecified atom stereocenters. The Morgan fingerprint density at radius 1 is 0.595 bits per heavy atom. The van der Waals surface area contributed by atoms with E-state index in [0.29, 0.717) is 0 Å². The topological polar surface area (TPSA) is 52.4 Å². The molecule has 0 aromatic heterocycles. The van der Waals surface area contributed by atoms with Crippen molar-refractivity contribution in [2.24, 2.45) is 10.2 Å². The van der Waals surface area contributed by atoms with Crippen molar-refractivity contribution in [2.45, 2.75) is 88.2 Å². The van der Waals surface area contributed by atoms with E-state index in [-0.39, 0.29) is 5.41 Å². The van der Waals surface area contributed by atoms with Crippen molar-refractivity contribution < 1.29 is 14.2 Å². The predicted molar refractivity (Wildman–Crippen MR) is 182 cm³/mol. The van der Waals surface area contributed by atoms with E-state index in [0.717, 1.165) is 76.5 Å². The third-order valence-electron chi connectivity index (χ3n) is 7.17. The first-order chi connectivity index (χ1) is 20.3. The van der Waals surface area contributed by atoms with Gasteiger partial charge in [0, 0.05) is 21.8 Å². The monoisotopic (exact) mass is 700 g/mol. The molecule has 0 radical (unpaired) electrons. The Balaban J connectivity index is 1.21. The van der Waals surface area contributed by atoms with E-state index in [2.05, 4.69) is 87.1 Å². The quantitative estimate of drug-likeness (QED) is 0.0753. The van der Waals surface area contributed by atoms with Crippen LogP contribution in [0.15, 0.2) is 70.9 Å². The lowest BCUT2D eigenvalue weighted by Crippen LogP contribution is -2.10. The van der Waals surface area contributed by atoms with Crippen LogP contribution in [0.4, 0.5) is 11.4 Å². The summed E-state index contributed by atoms with van der Waals surface area (Å²) in [5.41, 5.74) is 5.34. The molecule has 42 heavy (non-hydrogen) atoms. The number of rotatable bonds is 18. The highest BCUT2D eigenvalue weighted by molar-refractivity contribution is 9.08. The average Bonchev–Trinajstić information content (AvgIpc) is 3.00. The maximum atomic E-state index is 6.10. The van der Waals surface area contributed by atoms with Gasteiger partial charge < -0.3 is 14.2 Å². The van der Waals surface area contributed by atoms with Crippen LogP contribution >= 0.6 is 31.9 Å². The second kappa shape index (κ2) is 18.3. The molecule has 0 amide bonds. The van der Waals surface area contributed by atoms with E-state index in [1.165, 1.54) is 44.1 Å². The molecule has 0 aliphatic carbocycles. The lowest BCUT2D eigenvalue weighted by molar-refractivity contribution is 0.299. The van der Waals surface area contributed by atoms with E-state index in [1.807, 2.05) is 36.4 Å². The number of halogens is 2. The summed E-state index contributed by atoms with van der Waals surface area (Å²) in [5, 5.41) is 10.2. The Morgan fingerprint density at radius 2 is 1.05 bits per heavy atom. The van der Waals surface area contributed by atoms with Gasteiger partial charge in [0.05, 0.1) is 31.7 Å². The normalized spacial score (nSPS) is 11.7. The summed E-state index contributed by atoms with van der Waals surface area (Å²) < 4.78 is 17.5. The molecule has 0 spiro atoms. The fraction of sp³-hybridized carbons (Fsp3) is 0.486. The molecule has 0 heterocycles. The number of methoxy groups -OCH3 is 1. The number of ether oxygens (including phenoxy) is 3. The summed E-state index contributed by atoms with van der Waals surface area (Å²) in [6.45, 7) is 8.12. The van der Waals surface area contributed by atoms with Gasteiger partial charge in [-0.3, -0.25) is 0 Å². The van der Waals surface area contributed by atoms with Gasteiger partial charge in [0.1, 0.15) is 17.2 Å². The van der Waals surface area contributed by atoms with Crippen molar-refractivity contribution in [3.63, 3.8) is 0 Å². The van der Waals surface area contributed by atoms with Crippen molar-refractivity contribution in [1.82, 2.24) is 0 Å². The molecule has 0 atom stereocenters. The fourth-order valence-electron chi connectivity index (χ4n) is 4.57. The van der Waals surface area contributed by atoms with Gasteiger partial charge in [-0.05, 0) is 72.4 Å². The number of alkyl halides is 2. The minimum absolute atomic E-state index is 0.136. The second-order valence-electron chi connectivity index (χ2n) is 11.6. The Morgan fingerprint density at radius 3 is 1.55 bits per heavy atom. The lowest BCUT2D eigenvalue weighted by Gasteiger charge is -2.18. The van der Waals surface area contributed by atoms with Crippen LogP contribution in [0.1, 0.15) is 88.8 Å². The third kappa shape index (κ3) is 11.7. The van der Waals surface area contributed by atoms with Crippen molar-refractivity contribution >= 4 is 43.2 Å². The highest BCUT2D eigenvalue weighted by Crippen LogP contribution is 2.32. The van der Waals surface area contributed by atoms with Crippen molar-refractivity contribution in [2.75, 3.05) is 20.3 Å². The number of unbranched alkanes of at least 4 members (excludes halogenated alkanes) is 7. The Labute approximate surface area is 269 Å². The molecule has 3 rings (SSSR count). The maximum Gasteiger partial charge on any atom is 0.123 e. The number of azo groups is 1. The van der Waals surface area contributed by atoms with Gasteiger partial charge in [0.25, 0.3) is 0 Å². The molecule has 0 aliphatic heterocycles. The highest BCUT2D eigenvalue weighted by Gasteiger charge is 2.13. The van der Waals surface area contributed by atoms with Crippen LogP contribution in [-0.2, 0) is 16.1 Å². The first-order valence-corrected chi connectivity index (χ1v) is 17.3. The standard InChI is InChI=1S/C35H46Br2N2O3/c1-35(2,3)29-13-15-30(16-14-29)38-39-31-17-19-32(20-18-31)41-21-11-9-7-5-6-8-10-12-22-42-34-24-27(25-36)33(40-4)23-28(34)26-37/h13-20,23-24H,5-12,21-22,25-26H2,1-4H3. The number of benzene rings is 3. The van der Waals surface area contributed by atoms with Crippen molar-refractivity contribution in [3.8, 4) is 17.2 Å². The Bertz CT molecular complexity index is 1220. The highest BCUT2D eigenvalue weighted by atomic mass is 79.9. The Kier molecular flexibility index (Phi) is 14.9. The summed E-state index contributed by atoms with van der Waals surface area (Å²) in [5.74, 6) is 2.72. The van der Waals surface area contributed by atoms with E-state index in [1.54, 1.807) is 7.11 Å². The van der Waals surface area contributed by atoms with Crippen LogP contribution in [0.5, 0.6) is 17.2 Å². The SMILES string of the molecule is COc1cc(CBr)c(OCCCCCCCCCCOc2ccc(N=Nc3ccc(C(C)(C)C)cc3)cc2)cc1CBr. The van der Waals surface area contributed by atoms with Gasteiger partial charge in [0.15, 0.2) is 0 Å². The maximum absolute atomic E-state index is 6.10. The number of hydrogen-bond donors (Lipinski definition) is 0. The van der Waals surface area contributed by atoms with Crippen LogP contribution in [0.2, 0.25) is 0 Å². The van der Waals surface area contributed by atoms with Crippen LogP contribution in [0, 0.1) is 0 Å². The zero-order valence-electron chi connectivity index (χ0n) is 25.6. The summed E-state index contributed by atoms with van der Waals surface area (Å²) in [4.78, 5) is 0. The fourth-order valence-corrected chi connectivity index (χ4v) is 5.44. The summed E-state index contributed by atoms with van der Waals surface area (Å²) in [6.07, 6.45) is 9.63. The Hall–Kier alpha value is -2.38. The first kappa shape index (κ1) is 34.1. The van der Waals surface area contributed by atoms with Gasteiger partial charge in [0.2, 0.25) is 0 Å². The smallest absolute Gasteiger partial charge is 0.123 e.